The van der Waals surface area contributed by atoms with Crippen LogP contribution in [0.25, 0.3) is 0 Å². The van der Waals surface area contributed by atoms with E-state index in [1.165, 1.54) is 19.3 Å². The third-order valence-corrected chi connectivity index (χ3v) is 3.83. The lowest BCUT2D eigenvalue weighted by Gasteiger charge is -2.29. The van der Waals surface area contributed by atoms with Crippen molar-refractivity contribution in [1.82, 2.24) is 10.3 Å². The summed E-state index contributed by atoms with van der Waals surface area (Å²) in [5.41, 5.74) is 0.622. The Morgan fingerprint density at radius 2 is 2.18 bits per heavy atom. The number of hydrogen-bond donors (Lipinski definition) is 1. The normalized spacial score (nSPS) is 24.4. The van der Waals surface area contributed by atoms with E-state index in [9.17, 15) is 4.79 Å². The van der Waals surface area contributed by atoms with Gasteiger partial charge in [-0.1, -0.05) is 19.8 Å². The number of nitrogens with one attached hydrogen (secondary N) is 1. The van der Waals surface area contributed by atoms with Gasteiger partial charge in [-0.25, -0.2) is 0 Å². The van der Waals surface area contributed by atoms with E-state index in [-0.39, 0.29) is 5.91 Å². The van der Waals surface area contributed by atoms with Crippen LogP contribution in [0.2, 0.25) is 0 Å². The van der Waals surface area contributed by atoms with Gasteiger partial charge in [-0.3, -0.25) is 9.78 Å². The number of hydrogen-bond acceptors (Lipinski definition) is 2. The maximum Gasteiger partial charge on any atom is 0.253 e. The molecule has 4 heteroatoms. The van der Waals surface area contributed by atoms with Crippen molar-refractivity contribution in [1.29, 1.82) is 0 Å². The van der Waals surface area contributed by atoms with Crippen LogP contribution < -0.4 is 5.32 Å². The molecule has 0 bridgehead atoms. The van der Waals surface area contributed by atoms with Gasteiger partial charge >= 0.3 is 0 Å². The van der Waals surface area contributed by atoms with E-state index < -0.39 is 0 Å². The molecule has 0 saturated heterocycles. The Morgan fingerprint density at radius 1 is 1.41 bits per heavy atom. The highest BCUT2D eigenvalue weighted by Gasteiger charge is 2.23. The Bertz CT molecular complexity index is 408. The molecule has 2 rings (SSSR count). The third kappa shape index (κ3) is 3.28. The molecule has 1 aliphatic rings. The van der Waals surface area contributed by atoms with Gasteiger partial charge in [0.15, 0.2) is 0 Å². The van der Waals surface area contributed by atoms with Crippen molar-refractivity contribution >= 4 is 21.8 Å². The van der Waals surface area contributed by atoms with Gasteiger partial charge in [0.1, 0.15) is 0 Å². The molecule has 17 heavy (non-hydrogen) atoms. The van der Waals surface area contributed by atoms with E-state index in [1.807, 2.05) is 0 Å². The summed E-state index contributed by atoms with van der Waals surface area (Å²) in [6, 6.07) is 2.12. The van der Waals surface area contributed by atoms with Crippen LogP contribution in [0.3, 0.4) is 0 Å². The topological polar surface area (TPSA) is 42.0 Å². The quantitative estimate of drug-likeness (QED) is 0.911. The predicted octanol–water partition coefficient (Wildman–Crippen LogP) is 3.15. The lowest BCUT2D eigenvalue weighted by molar-refractivity contribution is 0.0910. The van der Waals surface area contributed by atoms with Crippen molar-refractivity contribution in [3.05, 3.63) is 28.5 Å². The minimum atomic E-state index is -0.0162. The van der Waals surface area contributed by atoms with Crippen molar-refractivity contribution in [2.24, 2.45) is 5.92 Å². The van der Waals surface area contributed by atoms with Crippen LogP contribution in [0.15, 0.2) is 22.9 Å². The minimum absolute atomic E-state index is 0.0162. The highest BCUT2D eigenvalue weighted by molar-refractivity contribution is 9.10. The fourth-order valence-corrected chi connectivity index (χ4v) is 2.68. The predicted molar refractivity (Wildman–Crippen MR) is 70.8 cm³/mol. The van der Waals surface area contributed by atoms with Gasteiger partial charge in [0.05, 0.1) is 5.56 Å². The van der Waals surface area contributed by atoms with Crippen LogP contribution in [-0.4, -0.2) is 16.9 Å². The average Bonchev–Trinajstić information content (AvgIpc) is 2.32. The highest BCUT2D eigenvalue weighted by Crippen LogP contribution is 2.24. The molecule has 1 aromatic rings. The smallest absolute Gasteiger partial charge is 0.253 e. The minimum Gasteiger partial charge on any atom is -0.349 e. The largest absolute Gasteiger partial charge is 0.349 e. The summed E-state index contributed by atoms with van der Waals surface area (Å²) in [6.07, 6.45) is 8.08. The molecule has 1 N–H and O–H groups in total. The first-order chi connectivity index (χ1) is 8.16. The summed E-state index contributed by atoms with van der Waals surface area (Å²) < 4.78 is 0.835. The van der Waals surface area contributed by atoms with Gasteiger partial charge in [-0.15, -0.1) is 0 Å². The Labute approximate surface area is 110 Å². The molecule has 1 amide bonds. The second-order valence-corrected chi connectivity index (χ2v) is 5.65. The van der Waals surface area contributed by atoms with E-state index in [0.29, 0.717) is 17.5 Å². The molecule has 1 aromatic heterocycles. The molecule has 0 radical (unpaired) electrons. The first-order valence-electron chi connectivity index (χ1n) is 6.08. The van der Waals surface area contributed by atoms with E-state index in [2.05, 4.69) is 33.2 Å². The van der Waals surface area contributed by atoms with Crippen LogP contribution in [0.1, 0.15) is 43.0 Å². The fraction of sp³-hybridized carbons (Fsp3) is 0.538. The summed E-state index contributed by atoms with van der Waals surface area (Å²) in [6.45, 7) is 2.21. The van der Waals surface area contributed by atoms with Crippen LogP contribution >= 0.6 is 15.9 Å². The first-order valence-corrected chi connectivity index (χ1v) is 6.87. The monoisotopic (exact) mass is 296 g/mol. The summed E-state index contributed by atoms with van der Waals surface area (Å²) in [5.74, 6) is 0.561. The molecule has 0 aliphatic heterocycles. The fourth-order valence-electron chi connectivity index (χ4n) is 2.32. The number of carbonyl (C=O) groups excluding carboxylic acids is 1. The molecule has 0 unspecified atom stereocenters. The molecule has 1 aliphatic carbocycles. The maximum absolute atomic E-state index is 12.0. The van der Waals surface area contributed by atoms with Gasteiger partial charge in [0, 0.05) is 22.9 Å². The van der Waals surface area contributed by atoms with Crippen LogP contribution in [-0.2, 0) is 0 Å². The van der Waals surface area contributed by atoms with E-state index in [4.69, 9.17) is 0 Å². The molecule has 92 valence electrons. The van der Waals surface area contributed by atoms with Crippen molar-refractivity contribution in [3.63, 3.8) is 0 Å². The number of halogens is 1. The Morgan fingerprint density at radius 3 is 2.88 bits per heavy atom. The SMILES string of the molecule is C[C@@H]1CCCC[C@H]1NC(=O)c1cncc(Br)c1. The van der Waals surface area contributed by atoms with Crippen molar-refractivity contribution < 1.29 is 4.79 Å². The van der Waals surface area contributed by atoms with Gasteiger partial charge in [0.2, 0.25) is 0 Å². The van der Waals surface area contributed by atoms with Crippen molar-refractivity contribution in [2.45, 2.75) is 38.6 Å². The molecular weight excluding hydrogens is 280 g/mol. The molecule has 1 fully saturated rings. The van der Waals surface area contributed by atoms with Gasteiger partial charge < -0.3 is 5.32 Å². The Kier molecular flexibility index (Phi) is 4.15. The van der Waals surface area contributed by atoms with Crippen molar-refractivity contribution in [2.75, 3.05) is 0 Å². The molecule has 3 nitrogen and oxygen atoms in total. The van der Waals surface area contributed by atoms with Crippen LogP contribution in [0, 0.1) is 5.92 Å². The molecule has 0 aromatic carbocycles. The van der Waals surface area contributed by atoms with E-state index in [1.54, 1.807) is 18.5 Å². The molecule has 2 atom stereocenters. The highest BCUT2D eigenvalue weighted by atomic mass is 79.9. The number of rotatable bonds is 2. The second kappa shape index (κ2) is 5.63. The summed E-state index contributed by atoms with van der Waals surface area (Å²) in [7, 11) is 0. The summed E-state index contributed by atoms with van der Waals surface area (Å²) in [4.78, 5) is 16.0. The third-order valence-electron chi connectivity index (χ3n) is 3.40. The number of aromatic nitrogens is 1. The number of pyridine rings is 1. The molecular formula is C13H17BrN2O. The molecule has 0 spiro atoms. The summed E-state index contributed by atoms with van der Waals surface area (Å²) >= 11 is 3.33. The summed E-state index contributed by atoms with van der Waals surface area (Å²) in [5, 5.41) is 3.11. The van der Waals surface area contributed by atoms with Gasteiger partial charge in [-0.2, -0.15) is 0 Å². The van der Waals surface area contributed by atoms with Crippen LogP contribution in [0.4, 0.5) is 0 Å². The van der Waals surface area contributed by atoms with Crippen LogP contribution in [0.5, 0.6) is 0 Å². The Balaban J connectivity index is 2.01. The first kappa shape index (κ1) is 12.6. The van der Waals surface area contributed by atoms with Crippen molar-refractivity contribution in [3.8, 4) is 0 Å². The van der Waals surface area contributed by atoms with Gasteiger partial charge in [0.25, 0.3) is 5.91 Å². The number of nitrogens with zero attached hydrogens (tertiary/aromatic N) is 1. The lowest BCUT2D eigenvalue weighted by Crippen LogP contribution is -2.41. The maximum atomic E-state index is 12.0. The van der Waals surface area contributed by atoms with E-state index >= 15 is 0 Å². The van der Waals surface area contributed by atoms with E-state index in [0.717, 1.165) is 10.9 Å². The standard InChI is InChI=1S/C13H17BrN2O/c1-9-4-2-3-5-12(9)16-13(17)10-6-11(14)8-15-7-10/h6-9,12H,2-5H2,1H3,(H,16,17)/t9-,12-/m1/s1. The Hall–Kier alpha value is -0.900. The number of carbonyl (C=O) groups is 1. The molecule has 1 saturated carbocycles. The van der Waals surface area contributed by atoms with Gasteiger partial charge in [-0.05, 0) is 40.8 Å². The average molecular weight is 297 g/mol. The second-order valence-electron chi connectivity index (χ2n) is 4.73. The molecule has 1 heterocycles. The zero-order chi connectivity index (χ0) is 12.3. The zero-order valence-corrected chi connectivity index (χ0v) is 11.5. The number of amides is 1. The zero-order valence-electron chi connectivity index (χ0n) is 9.95. The lowest BCUT2D eigenvalue weighted by atomic mass is 9.86.